The summed E-state index contributed by atoms with van der Waals surface area (Å²) in [4.78, 5) is 14.7. The maximum Gasteiger partial charge on any atom is 0.262 e. The van der Waals surface area contributed by atoms with Crippen LogP contribution in [0.15, 0.2) is 48.5 Å². The van der Waals surface area contributed by atoms with E-state index < -0.39 is 0 Å². The lowest BCUT2D eigenvalue weighted by atomic mass is 9.86. The first-order chi connectivity index (χ1) is 12.9. The molecule has 2 aromatic carbocycles. The lowest BCUT2D eigenvalue weighted by Gasteiger charge is -2.28. The van der Waals surface area contributed by atoms with Gasteiger partial charge in [-0.05, 0) is 60.6 Å². The number of amides is 1. The van der Waals surface area contributed by atoms with Gasteiger partial charge in [-0.2, -0.15) is 0 Å². The maximum atomic E-state index is 12.3. The number of benzene rings is 2. The van der Waals surface area contributed by atoms with Gasteiger partial charge < -0.3 is 15.0 Å². The summed E-state index contributed by atoms with van der Waals surface area (Å²) in [5.41, 5.74) is 3.09. The van der Waals surface area contributed by atoms with Crippen LogP contribution in [0.2, 0.25) is 0 Å². The van der Waals surface area contributed by atoms with Crippen molar-refractivity contribution in [2.24, 2.45) is 0 Å². The van der Waals surface area contributed by atoms with E-state index in [9.17, 15) is 4.79 Å². The Bertz CT molecular complexity index is 757. The Balaban J connectivity index is 1.55. The van der Waals surface area contributed by atoms with Gasteiger partial charge in [0.1, 0.15) is 5.75 Å². The summed E-state index contributed by atoms with van der Waals surface area (Å²) >= 11 is 0. The zero-order chi connectivity index (χ0) is 19.3. The summed E-state index contributed by atoms with van der Waals surface area (Å²) in [6, 6.07) is 16.0. The van der Waals surface area contributed by atoms with Gasteiger partial charge in [0.25, 0.3) is 5.91 Å². The van der Waals surface area contributed by atoms with Crippen LogP contribution in [0.4, 0.5) is 11.4 Å². The van der Waals surface area contributed by atoms with Gasteiger partial charge in [0, 0.05) is 24.5 Å². The molecule has 0 atom stereocenters. The highest BCUT2D eigenvalue weighted by atomic mass is 16.5. The zero-order valence-electron chi connectivity index (χ0n) is 16.6. The highest BCUT2D eigenvalue weighted by molar-refractivity contribution is 5.92. The Morgan fingerprint density at radius 1 is 1.00 bits per heavy atom. The van der Waals surface area contributed by atoms with Gasteiger partial charge >= 0.3 is 0 Å². The van der Waals surface area contributed by atoms with Crippen molar-refractivity contribution in [3.8, 4) is 5.75 Å². The molecule has 1 amide bonds. The lowest BCUT2D eigenvalue weighted by molar-refractivity contribution is -0.118. The van der Waals surface area contributed by atoms with Gasteiger partial charge in [-0.15, -0.1) is 0 Å². The van der Waals surface area contributed by atoms with E-state index in [0.29, 0.717) is 0 Å². The highest BCUT2D eigenvalue weighted by Crippen LogP contribution is 2.31. The topological polar surface area (TPSA) is 41.6 Å². The Hall–Kier alpha value is -2.49. The number of carbonyl (C=O) groups is 1. The van der Waals surface area contributed by atoms with Crippen molar-refractivity contribution in [2.45, 2.75) is 45.4 Å². The minimum absolute atomic E-state index is 0.000962. The van der Waals surface area contributed by atoms with Crippen LogP contribution in [0.3, 0.4) is 0 Å². The molecule has 0 aromatic heterocycles. The predicted molar refractivity (Wildman–Crippen MR) is 112 cm³/mol. The average Bonchev–Trinajstić information content (AvgIpc) is 2.67. The Labute approximate surface area is 162 Å². The van der Waals surface area contributed by atoms with E-state index in [0.717, 1.165) is 30.1 Å². The summed E-state index contributed by atoms with van der Waals surface area (Å²) in [5, 5.41) is 2.92. The standard InChI is InChI=1S/C23H30N2O2/c1-23(2,3)20-9-5-6-10-21(20)27-17-22(26)24-18-11-13-19(14-12-18)25-15-7-4-8-16-25/h5-6,9-14H,4,7-8,15-17H2,1-3H3,(H,24,26). The van der Waals surface area contributed by atoms with E-state index in [1.54, 1.807) is 0 Å². The first-order valence-electron chi connectivity index (χ1n) is 9.81. The molecule has 2 aromatic rings. The van der Waals surface area contributed by atoms with Crippen molar-refractivity contribution in [1.82, 2.24) is 0 Å². The van der Waals surface area contributed by atoms with Crippen LogP contribution in [0.25, 0.3) is 0 Å². The summed E-state index contributed by atoms with van der Waals surface area (Å²) in [7, 11) is 0. The Kier molecular flexibility index (Phi) is 6.04. The predicted octanol–water partition coefficient (Wildman–Crippen LogP) is 4.99. The van der Waals surface area contributed by atoms with E-state index in [4.69, 9.17) is 4.74 Å². The maximum absolute atomic E-state index is 12.3. The molecule has 3 rings (SSSR count). The van der Waals surface area contributed by atoms with Gasteiger partial charge in [0.2, 0.25) is 0 Å². The van der Waals surface area contributed by atoms with Gasteiger partial charge in [-0.25, -0.2) is 0 Å². The second-order valence-electron chi connectivity index (χ2n) is 8.18. The monoisotopic (exact) mass is 366 g/mol. The molecule has 1 saturated heterocycles. The van der Waals surface area contributed by atoms with Crippen LogP contribution in [-0.4, -0.2) is 25.6 Å². The zero-order valence-corrected chi connectivity index (χ0v) is 16.6. The fourth-order valence-corrected chi connectivity index (χ4v) is 3.46. The minimum Gasteiger partial charge on any atom is -0.483 e. The number of ether oxygens (including phenoxy) is 1. The van der Waals surface area contributed by atoms with Crippen molar-refractivity contribution in [3.05, 3.63) is 54.1 Å². The lowest BCUT2D eigenvalue weighted by Crippen LogP contribution is -2.29. The summed E-state index contributed by atoms with van der Waals surface area (Å²) in [5.74, 6) is 0.616. The fourth-order valence-electron chi connectivity index (χ4n) is 3.46. The molecule has 27 heavy (non-hydrogen) atoms. The normalized spacial score (nSPS) is 14.7. The van der Waals surface area contributed by atoms with Gasteiger partial charge in [0.15, 0.2) is 6.61 Å². The molecule has 0 aliphatic carbocycles. The molecule has 0 radical (unpaired) electrons. The summed E-state index contributed by atoms with van der Waals surface area (Å²) in [6.45, 7) is 8.65. The van der Waals surface area contributed by atoms with Crippen molar-refractivity contribution < 1.29 is 9.53 Å². The third kappa shape index (κ3) is 5.25. The average molecular weight is 367 g/mol. The van der Waals surface area contributed by atoms with E-state index in [-0.39, 0.29) is 17.9 Å². The second kappa shape index (κ2) is 8.47. The molecule has 0 unspecified atom stereocenters. The number of rotatable bonds is 5. The molecule has 4 nitrogen and oxygen atoms in total. The van der Waals surface area contributed by atoms with Crippen LogP contribution in [0, 0.1) is 0 Å². The molecule has 0 bridgehead atoms. The van der Waals surface area contributed by atoms with Gasteiger partial charge in [-0.1, -0.05) is 39.0 Å². The van der Waals surface area contributed by atoms with Gasteiger partial charge in [-0.3, -0.25) is 4.79 Å². The molecule has 144 valence electrons. The highest BCUT2D eigenvalue weighted by Gasteiger charge is 2.19. The number of nitrogens with one attached hydrogen (secondary N) is 1. The van der Waals surface area contributed by atoms with Crippen LogP contribution in [0.1, 0.15) is 45.6 Å². The molecule has 1 N–H and O–H groups in total. The number of para-hydroxylation sites is 1. The number of piperidine rings is 1. The van der Waals surface area contributed by atoms with Crippen LogP contribution in [-0.2, 0) is 10.2 Å². The van der Waals surface area contributed by atoms with Crippen molar-refractivity contribution >= 4 is 17.3 Å². The third-order valence-corrected chi connectivity index (χ3v) is 4.93. The fraction of sp³-hybridized carbons (Fsp3) is 0.435. The molecule has 1 heterocycles. The van der Waals surface area contributed by atoms with Crippen molar-refractivity contribution in [3.63, 3.8) is 0 Å². The Morgan fingerprint density at radius 2 is 1.67 bits per heavy atom. The first-order valence-corrected chi connectivity index (χ1v) is 9.81. The van der Waals surface area contributed by atoms with Crippen LogP contribution >= 0.6 is 0 Å². The number of carbonyl (C=O) groups excluding carboxylic acids is 1. The van der Waals surface area contributed by atoms with E-state index in [1.807, 2.05) is 36.4 Å². The number of anilines is 2. The number of hydrogen-bond acceptors (Lipinski definition) is 3. The molecule has 1 fully saturated rings. The first kappa shape index (κ1) is 19.3. The molecule has 4 heteroatoms. The quantitative estimate of drug-likeness (QED) is 0.810. The van der Waals surface area contributed by atoms with Crippen molar-refractivity contribution in [1.29, 1.82) is 0 Å². The van der Waals surface area contributed by atoms with Crippen LogP contribution < -0.4 is 15.0 Å². The smallest absolute Gasteiger partial charge is 0.262 e. The molecular formula is C23H30N2O2. The minimum atomic E-state index is -0.149. The second-order valence-corrected chi connectivity index (χ2v) is 8.18. The molecular weight excluding hydrogens is 336 g/mol. The summed E-state index contributed by atoms with van der Waals surface area (Å²) in [6.07, 6.45) is 3.83. The number of nitrogens with zero attached hydrogens (tertiary/aromatic N) is 1. The van der Waals surface area contributed by atoms with Crippen molar-refractivity contribution in [2.75, 3.05) is 29.9 Å². The summed E-state index contributed by atoms with van der Waals surface area (Å²) < 4.78 is 5.80. The van der Waals surface area contributed by atoms with E-state index in [1.165, 1.54) is 24.9 Å². The van der Waals surface area contributed by atoms with Crippen LogP contribution in [0.5, 0.6) is 5.75 Å². The largest absolute Gasteiger partial charge is 0.483 e. The van der Waals surface area contributed by atoms with E-state index in [2.05, 4.69) is 43.1 Å². The third-order valence-electron chi connectivity index (χ3n) is 4.93. The molecule has 1 aliphatic rings. The molecule has 0 saturated carbocycles. The Morgan fingerprint density at radius 3 is 2.33 bits per heavy atom. The SMILES string of the molecule is CC(C)(C)c1ccccc1OCC(=O)Nc1ccc(N2CCCCC2)cc1. The number of hydrogen-bond donors (Lipinski definition) is 1. The molecule has 0 spiro atoms. The van der Waals surface area contributed by atoms with Gasteiger partial charge in [0.05, 0.1) is 0 Å². The molecule has 1 aliphatic heterocycles. The van der Waals surface area contributed by atoms with E-state index >= 15 is 0 Å².